The van der Waals surface area contributed by atoms with Crippen molar-refractivity contribution in [2.45, 2.75) is 71.9 Å². The molecule has 0 saturated carbocycles. The maximum absolute atomic E-state index is 2.44. The van der Waals surface area contributed by atoms with Gasteiger partial charge in [-0.1, -0.05) is 82.3 Å². The number of nitrogens with zero attached hydrogens (tertiary/aromatic N) is 2. The van der Waals surface area contributed by atoms with Crippen LogP contribution >= 0.6 is 0 Å². The molecule has 0 atom stereocenters. The van der Waals surface area contributed by atoms with E-state index in [9.17, 15) is 0 Å². The lowest BCUT2D eigenvalue weighted by atomic mass is 9.94. The number of rotatable bonds is 9. The Morgan fingerprint density at radius 3 is 1.23 bits per heavy atom. The monoisotopic (exact) mass is 460 g/mol. The van der Waals surface area contributed by atoms with Gasteiger partial charge in [0.1, 0.15) is 0 Å². The largest absolute Gasteiger partial charge is 0.347 e. The lowest BCUT2D eigenvalue weighted by Crippen LogP contribution is -1.96. The summed E-state index contributed by atoms with van der Waals surface area (Å²) in [5, 5.41) is 10.9. The molecular formula is C33H36N2. The fourth-order valence-electron chi connectivity index (χ4n) is 6.03. The van der Waals surface area contributed by atoms with Crippen LogP contribution in [0.4, 0.5) is 0 Å². The van der Waals surface area contributed by atoms with Gasteiger partial charge in [-0.3, -0.25) is 0 Å². The van der Waals surface area contributed by atoms with Crippen molar-refractivity contribution in [3.8, 4) is 0 Å². The average molecular weight is 461 g/mol. The van der Waals surface area contributed by atoms with Crippen molar-refractivity contribution in [2.24, 2.45) is 0 Å². The molecule has 178 valence electrons. The van der Waals surface area contributed by atoms with Crippen LogP contribution in [0.15, 0.2) is 73.1 Å². The van der Waals surface area contributed by atoms with Gasteiger partial charge in [0.25, 0.3) is 0 Å². The van der Waals surface area contributed by atoms with Crippen LogP contribution in [-0.2, 0) is 13.1 Å². The van der Waals surface area contributed by atoms with E-state index in [2.05, 4.69) is 96.0 Å². The predicted octanol–water partition coefficient (Wildman–Crippen LogP) is 9.83. The number of benzene rings is 4. The van der Waals surface area contributed by atoms with Gasteiger partial charge >= 0.3 is 0 Å². The van der Waals surface area contributed by atoms with E-state index in [4.69, 9.17) is 0 Å². The van der Waals surface area contributed by atoms with Gasteiger partial charge in [0, 0.05) is 47.3 Å². The van der Waals surface area contributed by atoms with E-state index in [1.54, 1.807) is 0 Å². The molecule has 6 rings (SSSR count). The quantitative estimate of drug-likeness (QED) is 0.150. The molecule has 0 amide bonds. The average Bonchev–Trinajstić information content (AvgIpc) is 3.50. The Labute approximate surface area is 208 Å². The van der Waals surface area contributed by atoms with Gasteiger partial charge in [-0.2, -0.15) is 0 Å². The number of hydrogen-bond acceptors (Lipinski definition) is 0. The van der Waals surface area contributed by atoms with E-state index in [1.165, 1.54) is 99.1 Å². The molecule has 0 aliphatic rings. The summed E-state index contributed by atoms with van der Waals surface area (Å²) in [6, 6.07) is 23.4. The summed E-state index contributed by atoms with van der Waals surface area (Å²) in [6.45, 7) is 6.76. The van der Waals surface area contributed by atoms with Crippen molar-refractivity contribution < 1.29 is 0 Å². The standard InChI is InChI=1S/C33H36N2/c1-3-5-7-9-21-35-23-19-31-29-13-11-24-25(27(29)15-17-33(31)35)10-12-28-26(24)14-16-32-30(28)18-22-34(32)20-8-6-4-2/h10-19,22-23H,3-9,20-21H2,1-2H3. The summed E-state index contributed by atoms with van der Waals surface area (Å²) in [4.78, 5) is 0. The first kappa shape index (κ1) is 22.2. The number of aryl methyl sites for hydroxylation is 2. The molecular weight excluding hydrogens is 424 g/mol. The third kappa shape index (κ3) is 3.80. The van der Waals surface area contributed by atoms with Crippen molar-refractivity contribution in [3.63, 3.8) is 0 Å². The van der Waals surface area contributed by atoms with Crippen LogP contribution in [-0.4, -0.2) is 9.13 Å². The first-order valence-electron chi connectivity index (χ1n) is 13.6. The van der Waals surface area contributed by atoms with Crippen LogP contribution < -0.4 is 0 Å². The van der Waals surface area contributed by atoms with E-state index in [1.807, 2.05) is 0 Å². The van der Waals surface area contributed by atoms with Crippen LogP contribution in [0.3, 0.4) is 0 Å². The third-order valence-electron chi connectivity index (χ3n) is 7.95. The minimum atomic E-state index is 1.11. The molecule has 2 heteroatoms. The highest BCUT2D eigenvalue weighted by atomic mass is 15.0. The molecule has 0 spiro atoms. The summed E-state index contributed by atoms with van der Waals surface area (Å²) < 4.78 is 4.87. The Balaban J connectivity index is 1.44. The predicted molar refractivity (Wildman–Crippen MR) is 154 cm³/mol. The maximum atomic E-state index is 2.44. The number of hydrogen-bond donors (Lipinski definition) is 0. The van der Waals surface area contributed by atoms with E-state index >= 15 is 0 Å². The van der Waals surface area contributed by atoms with Crippen LogP contribution in [0.2, 0.25) is 0 Å². The third-order valence-corrected chi connectivity index (χ3v) is 7.95. The molecule has 35 heavy (non-hydrogen) atoms. The summed E-state index contributed by atoms with van der Waals surface area (Å²) >= 11 is 0. The van der Waals surface area contributed by atoms with Gasteiger partial charge in [0.05, 0.1) is 0 Å². The summed E-state index contributed by atoms with van der Waals surface area (Å²) in [7, 11) is 0. The zero-order valence-corrected chi connectivity index (χ0v) is 21.2. The van der Waals surface area contributed by atoms with Crippen molar-refractivity contribution in [2.75, 3.05) is 0 Å². The minimum Gasteiger partial charge on any atom is -0.347 e. The first-order valence-corrected chi connectivity index (χ1v) is 13.6. The zero-order chi connectivity index (χ0) is 23.8. The SMILES string of the molecule is CCCCCCn1ccc2c3ccc4c(ccc5c4ccc4c5ccn4CCCCC)c3ccc21. The smallest absolute Gasteiger partial charge is 0.0486 e. The molecule has 2 nitrogen and oxygen atoms in total. The highest BCUT2D eigenvalue weighted by Crippen LogP contribution is 2.37. The van der Waals surface area contributed by atoms with E-state index in [0.29, 0.717) is 0 Å². The fraction of sp³-hybridized carbons (Fsp3) is 0.333. The molecule has 0 aliphatic carbocycles. The molecule has 2 aromatic heterocycles. The van der Waals surface area contributed by atoms with Gasteiger partial charge in [-0.25, -0.2) is 0 Å². The molecule has 0 radical (unpaired) electrons. The molecule has 0 fully saturated rings. The molecule has 0 bridgehead atoms. The van der Waals surface area contributed by atoms with Crippen LogP contribution in [0.1, 0.15) is 58.8 Å². The Morgan fingerprint density at radius 1 is 0.400 bits per heavy atom. The summed E-state index contributed by atoms with van der Waals surface area (Å²) in [5.41, 5.74) is 2.72. The summed E-state index contributed by atoms with van der Waals surface area (Å²) in [6.07, 6.45) is 13.5. The fourth-order valence-corrected chi connectivity index (χ4v) is 6.03. The van der Waals surface area contributed by atoms with Crippen molar-refractivity contribution >= 4 is 54.1 Å². The number of aromatic nitrogens is 2. The Bertz CT molecular complexity index is 1650. The molecule has 2 heterocycles. The highest BCUT2D eigenvalue weighted by molar-refractivity contribution is 6.24. The number of fused-ring (bicyclic) bond motifs is 9. The second kappa shape index (κ2) is 9.41. The van der Waals surface area contributed by atoms with Gasteiger partial charge in [-0.05, 0) is 69.4 Å². The molecule has 0 unspecified atom stereocenters. The highest BCUT2D eigenvalue weighted by Gasteiger charge is 2.12. The topological polar surface area (TPSA) is 9.86 Å². The van der Waals surface area contributed by atoms with E-state index in [0.717, 1.165) is 13.1 Å². The van der Waals surface area contributed by atoms with Crippen LogP contribution in [0.25, 0.3) is 54.1 Å². The van der Waals surface area contributed by atoms with Gasteiger partial charge < -0.3 is 9.13 Å². The Morgan fingerprint density at radius 2 is 0.771 bits per heavy atom. The molecule has 0 aliphatic heterocycles. The molecule has 0 saturated heterocycles. The van der Waals surface area contributed by atoms with Gasteiger partial charge in [-0.15, -0.1) is 0 Å². The maximum Gasteiger partial charge on any atom is 0.0486 e. The second-order valence-electron chi connectivity index (χ2n) is 10.2. The minimum absolute atomic E-state index is 1.11. The molecule has 4 aromatic carbocycles. The van der Waals surface area contributed by atoms with Crippen LogP contribution in [0, 0.1) is 0 Å². The molecule has 6 aromatic rings. The Hall–Kier alpha value is -3.26. The lowest BCUT2D eigenvalue weighted by molar-refractivity contribution is 0.594. The summed E-state index contributed by atoms with van der Waals surface area (Å²) in [5.74, 6) is 0. The second-order valence-corrected chi connectivity index (χ2v) is 10.2. The van der Waals surface area contributed by atoms with Crippen molar-refractivity contribution in [1.82, 2.24) is 9.13 Å². The van der Waals surface area contributed by atoms with E-state index < -0.39 is 0 Å². The zero-order valence-electron chi connectivity index (χ0n) is 21.2. The van der Waals surface area contributed by atoms with Crippen molar-refractivity contribution in [1.29, 1.82) is 0 Å². The molecule has 0 N–H and O–H groups in total. The Kier molecular flexibility index (Phi) is 5.98. The van der Waals surface area contributed by atoms with Gasteiger partial charge in [0.15, 0.2) is 0 Å². The lowest BCUT2D eigenvalue weighted by Gasteiger charge is -2.11. The normalized spacial score (nSPS) is 12.2. The van der Waals surface area contributed by atoms with E-state index in [-0.39, 0.29) is 0 Å². The van der Waals surface area contributed by atoms with Crippen molar-refractivity contribution in [3.05, 3.63) is 73.1 Å². The first-order chi connectivity index (χ1) is 17.3. The van der Waals surface area contributed by atoms with Crippen LogP contribution in [0.5, 0.6) is 0 Å². The number of unbranched alkanes of at least 4 members (excludes halogenated alkanes) is 5. The van der Waals surface area contributed by atoms with Gasteiger partial charge in [0.2, 0.25) is 0 Å².